The molecule has 1 aliphatic rings. The fourth-order valence-corrected chi connectivity index (χ4v) is 3.94. The van der Waals surface area contributed by atoms with Crippen LogP contribution in [0.25, 0.3) is 0 Å². The van der Waals surface area contributed by atoms with Gasteiger partial charge in [-0.05, 0) is 48.2 Å². The number of nitrogens with one attached hydrogen (secondary N) is 2. The van der Waals surface area contributed by atoms with Crippen molar-refractivity contribution in [1.82, 2.24) is 0 Å². The standard InChI is InChI=1S/C25H29N3O5/c1-4-17-7-6-8-18(5-2)24(17)28-14-19(13-23(28)31)25(32)33-15-22(30)27-21-11-9-20(10-12-21)26-16(3)29/h6-12,19H,4-5,13-15H2,1-3H3,(H,26,29)(H,27,30)/t19-/m1/s1. The van der Waals surface area contributed by atoms with Gasteiger partial charge in [0.05, 0.1) is 5.92 Å². The minimum atomic E-state index is -0.614. The third-order valence-corrected chi connectivity index (χ3v) is 5.53. The second kappa shape index (κ2) is 10.8. The monoisotopic (exact) mass is 451 g/mol. The number of aryl methyl sites for hydroxylation is 2. The van der Waals surface area contributed by atoms with Crippen LogP contribution in [0.3, 0.4) is 0 Å². The quantitative estimate of drug-likeness (QED) is 0.599. The summed E-state index contributed by atoms with van der Waals surface area (Å²) in [5, 5.41) is 5.27. The minimum Gasteiger partial charge on any atom is -0.455 e. The molecule has 2 aromatic carbocycles. The molecular weight excluding hydrogens is 422 g/mol. The van der Waals surface area contributed by atoms with Crippen LogP contribution in [0.1, 0.15) is 38.3 Å². The molecule has 1 aliphatic heterocycles. The van der Waals surface area contributed by atoms with Crippen molar-refractivity contribution < 1.29 is 23.9 Å². The fourth-order valence-electron chi connectivity index (χ4n) is 3.94. The van der Waals surface area contributed by atoms with Gasteiger partial charge in [-0.2, -0.15) is 0 Å². The van der Waals surface area contributed by atoms with Crippen molar-refractivity contribution in [3.63, 3.8) is 0 Å². The van der Waals surface area contributed by atoms with E-state index in [2.05, 4.69) is 10.6 Å². The molecule has 0 aliphatic carbocycles. The number of carbonyl (C=O) groups excluding carboxylic acids is 4. The molecular formula is C25H29N3O5. The van der Waals surface area contributed by atoms with Gasteiger partial charge in [0.25, 0.3) is 5.91 Å². The second-order valence-electron chi connectivity index (χ2n) is 7.95. The van der Waals surface area contributed by atoms with Gasteiger partial charge in [0, 0.05) is 37.0 Å². The summed E-state index contributed by atoms with van der Waals surface area (Å²) in [7, 11) is 0. The van der Waals surface area contributed by atoms with Crippen molar-refractivity contribution in [3.05, 3.63) is 53.6 Å². The Hall–Kier alpha value is -3.68. The third kappa shape index (κ3) is 5.97. The summed E-state index contributed by atoms with van der Waals surface area (Å²) in [4.78, 5) is 50.2. The largest absolute Gasteiger partial charge is 0.455 e. The molecule has 0 aromatic heterocycles. The maximum absolute atomic E-state index is 12.7. The Morgan fingerprint density at radius 2 is 1.55 bits per heavy atom. The molecule has 0 spiro atoms. The van der Waals surface area contributed by atoms with Gasteiger partial charge >= 0.3 is 5.97 Å². The highest BCUT2D eigenvalue weighted by Crippen LogP contribution is 2.32. The fraction of sp³-hybridized carbons (Fsp3) is 0.360. The molecule has 3 amide bonds. The normalized spacial score (nSPS) is 15.3. The number of nitrogens with zero attached hydrogens (tertiary/aromatic N) is 1. The summed E-state index contributed by atoms with van der Waals surface area (Å²) in [6.07, 6.45) is 1.63. The lowest BCUT2D eigenvalue weighted by Crippen LogP contribution is -2.29. The third-order valence-electron chi connectivity index (χ3n) is 5.53. The van der Waals surface area contributed by atoms with E-state index in [0.717, 1.165) is 29.7 Å². The van der Waals surface area contributed by atoms with Crippen LogP contribution in [0.2, 0.25) is 0 Å². The zero-order valence-electron chi connectivity index (χ0n) is 19.1. The molecule has 1 saturated heterocycles. The molecule has 0 unspecified atom stereocenters. The summed E-state index contributed by atoms with van der Waals surface area (Å²) >= 11 is 0. The first kappa shape index (κ1) is 24.0. The lowest BCUT2D eigenvalue weighted by Gasteiger charge is -2.23. The number of esters is 1. The molecule has 0 radical (unpaired) electrons. The second-order valence-corrected chi connectivity index (χ2v) is 7.95. The zero-order valence-corrected chi connectivity index (χ0v) is 19.1. The topological polar surface area (TPSA) is 105 Å². The predicted octanol–water partition coefficient (Wildman–Crippen LogP) is 3.30. The molecule has 3 rings (SSSR count). The molecule has 2 aromatic rings. The van der Waals surface area contributed by atoms with Crippen LogP contribution < -0.4 is 15.5 Å². The van der Waals surface area contributed by atoms with Gasteiger partial charge in [-0.1, -0.05) is 32.0 Å². The maximum Gasteiger partial charge on any atom is 0.311 e. The van der Waals surface area contributed by atoms with Crippen LogP contribution in [0.4, 0.5) is 17.1 Å². The highest BCUT2D eigenvalue weighted by Gasteiger charge is 2.37. The number of hydrogen-bond donors (Lipinski definition) is 2. The number of hydrogen-bond acceptors (Lipinski definition) is 5. The summed E-state index contributed by atoms with van der Waals surface area (Å²) in [5.41, 5.74) is 4.15. The van der Waals surface area contributed by atoms with Gasteiger partial charge in [0.15, 0.2) is 6.61 Å². The molecule has 1 heterocycles. The van der Waals surface area contributed by atoms with Gasteiger partial charge in [0.2, 0.25) is 11.8 Å². The average Bonchev–Trinajstić information content (AvgIpc) is 3.19. The van der Waals surface area contributed by atoms with E-state index in [1.807, 2.05) is 32.0 Å². The van der Waals surface area contributed by atoms with E-state index in [0.29, 0.717) is 11.4 Å². The lowest BCUT2D eigenvalue weighted by atomic mass is 10.0. The molecule has 8 heteroatoms. The van der Waals surface area contributed by atoms with E-state index < -0.39 is 24.4 Å². The molecule has 1 fully saturated rings. The van der Waals surface area contributed by atoms with Gasteiger partial charge in [-0.15, -0.1) is 0 Å². The molecule has 0 saturated carbocycles. The van der Waals surface area contributed by atoms with E-state index in [-0.39, 0.29) is 24.8 Å². The van der Waals surface area contributed by atoms with Crippen LogP contribution in [-0.2, 0) is 36.8 Å². The first-order valence-corrected chi connectivity index (χ1v) is 11.1. The van der Waals surface area contributed by atoms with Crippen LogP contribution in [0.15, 0.2) is 42.5 Å². The summed E-state index contributed by atoms with van der Waals surface area (Å²) in [5.74, 6) is -1.96. The number of anilines is 3. The number of rotatable bonds is 8. The lowest BCUT2D eigenvalue weighted by molar-refractivity contribution is -0.151. The number of amides is 3. The minimum absolute atomic E-state index is 0.0618. The Balaban J connectivity index is 1.56. The molecule has 174 valence electrons. The predicted molar refractivity (Wildman–Crippen MR) is 126 cm³/mol. The summed E-state index contributed by atoms with van der Waals surface area (Å²) < 4.78 is 5.20. The Kier molecular flexibility index (Phi) is 7.82. The van der Waals surface area contributed by atoms with Crippen LogP contribution in [0.5, 0.6) is 0 Å². The summed E-state index contributed by atoms with van der Waals surface area (Å²) in [6.45, 7) is 5.29. The Morgan fingerprint density at radius 3 is 2.09 bits per heavy atom. The van der Waals surface area contributed by atoms with Crippen molar-refractivity contribution in [2.75, 3.05) is 28.7 Å². The molecule has 33 heavy (non-hydrogen) atoms. The van der Waals surface area contributed by atoms with Gasteiger partial charge in [0.1, 0.15) is 0 Å². The van der Waals surface area contributed by atoms with Crippen LogP contribution in [0, 0.1) is 5.92 Å². The van der Waals surface area contributed by atoms with Gasteiger partial charge in [-0.3, -0.25) is 19.2 Å². The molecule has 2 N–H and O–H groups in total. The van der Waals surface area contributed by atoms with E-state index in [1.165, 1.54) is 6.92 Å². The van der Waals surface area contributed by atoms with E-state index in [4.69, 9.17) is 4.74 Å². The zero-order chi connectivity index (χ0) is 24.0. The van der Waals surface area contributed by atoms with Crippen molar-refractivity contribution in [1.29, 1.82) is 0 Å². The van der Waals surface area contributed by atoms with Crippen molar-refractivity contribution in [2.24, 2.45) is 5.92 Å². The van der Waals surface area contributed by atoms with Crippen LogP contribution in [-0.4, -0.2) is 36.8 Å². The first-order valence-electron chi connectivity index (χ1n) is 11.1. The van der Waals surface area contributed by atoms with Crippen molar-refractivity contribution in [3.8, 4) is 0 Å². The number of carbonyl (C=O) groups is 4. The Morgan fingerprint density at radius 1 is 0.970 bits per heavy atom. The highest BCUT2D eigenvalue weighted by molar-refractivity contribution is 6.01. The summed E-state index contributed by atoms with van der Waals surface area (Å²) in [6, 6.07) is 12.6. The first-order chi connectivity index (χ1) is 15.8. The number of para-hydroxylation sites is 1. The Labute approximate surface area is 193 Å². The maximum atomic E-state index is 12.7. The van der Waals surface area contributed by atoms with E-state index >= 15 is 0 Å². The molecule has 0 bridgehead atoms. The smallest absolute Gasteiger partial charge is 0.311 e. The van der Waals surface area contributed by atoms with E-state index in [1.54, 1.807) is 29.2 Å². The molecule has 8 nitrogen and oxygen atoms in total. The van der Waals surface area contributed by atoms with E-state index in [9.17, 15) is 19.2 Å². The average molecular weight is 452 g/mol. The number of benzene rings is 2. The van der Waals surface area contributed by atoms with Gasteiger partial charge in [-0.25, -0.2) is 0 Å². The van der Waals surface area contributed by atoms with Crippen molar-refractivity contribution >= 4 is 40.8 Å². The van der Waals surface area contributed by atoms with Gasteiger partial charge < -0.3 is 20.3 Å². The molecule has 1 atom stereocenters. The van der Waals surface area contributed by atoms with Crippen LogP contribution >= 0.6 is 0 Å². The Bertz CT molecular complexity index is 1030. The number of ether oxygens (including phenoxy) is 1. The SMILES string of the molecule is CCc1cccc(CC)c1N1C[C@H](C(=O)OCC(=O)Nc2ccc(NC(C)=O)cc2)CC1=O. The highest BCUT2D eigenvalue weighted by atomic mass is 16.5. The van der Waals surface area contributed by atoms with Crippen molar-refractivity contribution in [2.45, 2.75) is 40.0 Å².